The zero-order chi connectivity index (χ0) is 16.2. The Hall–Kier alpha value is -2.90. The van der Waals surface area contributed by atoms with Crippen LogP contribution in [0.15, 0.2) is 39.7 Å². The molecule has 1 amide bonds. The van der Waals surface area contributed by atoms with Crippen molar-refractivity contribution in [1.82, 2.24) is 24.8 Å². The summed E-state index contributed by atoms with van der Waals surface area (Å²) in [6.45, 7) is 0.522. The SMILES string of the molecule is CN(Cc1cnn(C)c1)C(=O)CCc1nc(-c2ccco2)no1. The Bertz CT molecular complexity index is 775. The maximum absolute atomic E-state index is 12.2. The van der Waals surface area contributed by atoms with Crippen molar-refractivity contribution in [3.63, 3.8) is 0 Å². The molecule has 0 saturated heterocycles. The molecule has 3 aromatic rings. The molecule has 0 fully saturated rings. The highest BCUT2D eigenvalue weighted by Gasteiger charge is 2.15. The first-order valence-corrected chi connectivity index (χ1v) is 7.20. The van der Waals surface area contributed by atoms with E-state index in [2.05, 4.69) is 15.2 Å². The van der Waals surface area contributed by atoms with Gasteiger partial charge in [0.25, 0.3) is 0 Å². The molecule has 120 valence electrons. The van der Waals surface area contributed by atoms with E-state index in [-0.39, 0.29) is 5.91 Å². The minimum atomic E-state index is 0.00611. The Kier molecular flexibility index (Phi) is 4.22. The summed E-state index contributed by atoms with van der Waals surface area (Å²) in [7, 11) is 3.61. The molecule has 3 rings (SSSR count). The van der Waals surface area contributed by atoms with Gasteiger partial charge < -0.3 is 13.8 Å². The summed E-state index contributed by atoms with van der Waals surface area (Å²) >= 11 is 0. The number of hydrogen-bond donors (Lipinski definition) is 0. The van der Waals surface area contributed by atoms with E-state index in [1.807, 2.05) is 13.2 Å². The van der Waals surface area contributed by atoms with Crippen molar-refractivity contribution in [2.24, 2.45) is 7.05 Å². The highest BCUT2D eigenvalue weighted by molar-refractivity contribution is 5.76. The summed E-state index contributed by atoms with van der Waals surface area (Å²) in [6, 6.07) is 3.50. The van der Waals surface area contributed by atoms with Crippen LogP contribution in [0.25, 0.3) is 11.6 Å². The second-order valence-electron chi connectivity index (χ2n) is 5.26. The van der Waals surface area contributed by atoms with E-state index >= 15 is 0 Å². The van der Waals surface area contributed by atoms with Crippen molar-refractivity contribution in [3.05, 3.63) is 42.2 Å². The van der Waals surface area contributed by atoms with Gasteiger partial charge >= 0.3 is 0 Å². The largest absolute Gasteiger partial charge is 0.461 e. The minimum Gasteiger partial charge on any atom is -0.461 e. The second kappa shape index (κ2) is 6.47. The van der Waals surface area contributed by atoms with Crippen LogP contribution in [0.2, 0.25) is 0 Å². The third kappa shape index (κ3) is 3.65. The fourth-order valence-electron chi connectivity index (χ4n) is 2.18. The molecule has 0 atom stereocenters. The Labute approximate surface area is 132 Å². The summed E-state index contributed by atoms with van der Waals surface area (Å²) in [4.78, 5) is 18.0. The number of aryl methyl sites for hydroxylation is 2. The first kappa shape index (κ1) is 15.0. The molecule has 8 nitrogen and oxygen atoms in total. The minimum absolute atomic E-state index is 0.00611. The van der Waals surface area contributed by atoms with Crippen molar-refractivity contribution < 1.29 is 13.7 Å². The van der Waals surface area contributed by atoms with Gasteiger partial charge in [0.1, 0.15) is 0 Å². The van der Waals surface area contributed by atoms with Crippen molar-refractivity contribution in [2.75, 3.05) is 7.05 Å². The predicted octanol–water partition coefficient (Wildman–Crippen LogP) is 1.65. The zero-order valence-corrected chi connectivity index (χ0v) is 13.0. The lowest BCUT2D eigenvalue weighted by atomic mass is 10.2. The zero-order valence-electron chi connectivity index (χ0n) is 13.0. The molecule has 0 aromatic carbocycles. The number of furan rings is 1. The van der Waals surface area contributed by atoms with Crippen LogP contribution in [0.3, 0.4) is 0 Å². The first-order valence-electron chi connectivity index (χ1n) is 7.20. The monoisotopic (exact) mass is 315 g/mol. The maximum atomic E-state index is 12.2. The number of amides is 1. The van der Waals surface area contributed by atoms with E-state index in [0.29, 0.717) is 36.9 Å². The van der Waals surface area contributed by atoms with Crippen LogP contribution in [0.4, 0.5) is 0 Å². The first-order chi connectivity index (χ1) is 11.1. The van der Waals surface area contributed by atoms with Crippen LogP contribution in [0.1, 0.15) is 17.9 Å². The Morgan fingerprint density at radius 2 is 2.30 bits per heavy atom. The van der Waals surface area contributed by atoms with Crippen molar-refractivity contribution in [1.29, 1.82) is 0 Å². The number of carbonyl (C=O) groups excluding carboxylic acids is 1. The molecule has 23 heavy (non-hydrogen) atoms. The third-order valence-electron chi connectivity index (χ3n) is 3.37. The van der Waals surface area contributed by atoms with Crippen molar-refractivity contribution >= 4 is 5.91 Å². The van der Waals surface area contributed by atoms with Gasteiger partial charge in [-0.05, 0) is 12.1 Å². The molecular formula is C15H17N5O3. The van der Waals surface area contributed by atoms with Gasteiger partial charge in [-0.1, -0.05) is 5.16 Å². The van der Waals surface area contributed by atoms with Crippen LogP contribution in [0.5, 0.6) is 0 Å². The molecule has 0 aliphatic heterocycles. The number of carbonyl (C=O) groups is 1. The van der Waals surface area contributed by atoms with Crippen molar-refractivity contribution in [3.8, 4) is 11.6 Å². The summed E-state index contributed by atoms with van der Waals surface area (Å²) in [5.41, 5.74) is 0.987. The average molecular weight is 315 g/mol. The molecule has 3 heterocycles. The molecular weight excluding hydrogens is 298 g/mol. The highest BCUT2D eigenvalue weighted by Crippen LogP contribution is 2.16. The predicted molar refractivity (Wildman–Crippen MR) is 80.0 cm³/mol. The number of aromatic nitrogens is 4. The molecule has 0 radical (unpaired) electrons. The number of rotatable bonds is 6. The number of nitrogens with zero attached hydrogens (tertiary/aromatic N) is 5. The topological polar surface area (TPSA) is 90.2 Å². The van der Waals surface area contributed by atoms with E-state index in [4.69, 9.17) is 8.94 Å². The van der Waals surface area contributed by atoms with E-state index in [1.54, 1.807) is 41.2 Å². The molecule has 0 unspecified atom stereocenters. The normalized spacial score (nSPS) is 10.9. The van der Waals surface area contributed by atoms with Gasteiger partial charge in [-0.2, -0.15) is 10.1 Å². The second-order valence-corrected chi connectivity index (χ2v) is 5.26. The molecule has 0 N–H and O–H groups in total. The van der Waals surface area contributed by atoms with Gasteiger partial charge in [0.15, 0.2) is 5.76 Å². The van der Waals surface area contributed by atoms with Crippen LogP contribution < -0.4 is 0 Å². The summed E-state index contributed by atoms with van der Waals surface area (Å²) in [6.07, 6.45) is 5.87. The van der Waals surface area contributed by atoms with Gasteiger partial charge in [-0.25, -0.2) is 0 Å². The van der Waals surface area contributed by atoms with Crippen LogP contribution in [-0.2, 0) is 24.8 Å². The van der Waals surface area contributed by atoms with E-state index < -0.39 is 0 Å². The van der Waals surface area contributed by atoms with Gasteiger partial charge in [-0.3, -0.25) is 9.48 Å². The molecule has 3 aromatic heterocycles. The lowest BCUT2D eigenvalue weighted by Crippen LogP contribution is -2.26. The fourth-order valence-corrected chi connectivity index (χ4v) is 2.18. The average Bonchev–Trinajstić information content (AvgIpc) is 3.26. The number of hydrogen-bond acceptors (Lipinski definition) is 6. The quantitative estimate of drug-likeness (QED) is 0.687. The molecule has 0 spiro atoms. The van der Waals surface area contributed by atoms with Gasteiger partial charge in [0, 0.05) is 45.2 Å². The Morgan fingerprint density at radius 1 is 1.43 bits per heavy atom. The summed E-state index contributed by atoms with van der Waals surface area (Å²) in [5, 5.41) is 7.92. The van der Waals surface area contributed by atoms with Crippen LogP contribution in [-0.4, -0.2) is 37.8 Å². The third-order valence-corrected chi connectivity index (χ3v) is 3.37. The Morgan fingerprint density at radius 3 is 3.00 bits per heavy atom. The van der Waals surface area contributed by atoms with Gasteiger partial charge in [0.2, 0.25) is 17.6 Å². The van der Waals surface area contributed by atoms with E-state index in [0.717, 1.165) is 5.56 Å². The van der Waals surface area contributed by atoms with Crippen LogP contribution >= 0.6 is 0 Å². The molecule has 0 saturated carbocycles. The van der Waals surface area contributed by atoms with E-state index in [1.165, 1.54) is 0 Å². The van der Waals surface area contributed by atoms with E-state index in [9.17, 15) is 4.79 Å². The van der Waals surface area contributed by atoms with Crippen molar-refractivity contribution in [2.45, 2.75) is 19.4 Å². The fraction of sp³-hybridized carbons (Fsp3) is 0.333. The molecule has 0 bridgehead atoms. The van der Waals surface area contributed by atoms with Gasteiger partial charge in [-0.15, -0.1) is 0 Å². The summed E-state index contributed by atoms with van der Waals surface area (Å²) < 4.78 is 12.0. The standard InChI is InChI=1S/C15H17N5O3/c1-19(9-11-8-16-20(2)10-11)14(21)6-5-13-17-15(18-23-13)12-4-3-7-22-12/h3-4,7-8,10H,5-6,9H2,1-2H3. The smallest absolute Gasteiger partial charge is 0.238 e. The lowest BCUT2D eigenvalue weighted by molar-refractivity contribution is -0.130. The lowest BCUT2D eigenvalue weighted by Gasteiger charge is -2.15. The molecule has 0 aliphatic rings. The maximum Gasteiger partial charge on any atom is 0.238 e. The summed E-state index contributed by atoms with van der Waals surface area (Å²) in [5.74, 6) is 1.35. The Balaban J connectivity index is 1.52. The molecule has 8 heteroatoms. The van der Waals surface area contributed by atoms with Gasteiger partial charge in [0.05, 0.1) is 12.5 Å². The highest BCUT2D eigenvalue weighted by atomic mass is 16.5. The molecule has 0 aliphatic carbocycles. The van der Waals surface area contributed by atoms with Crippen LogP contribution in [0, 0.1) is 0 Å².